The molecule has 112 valence electrons. The minimum Gasteiger partial charge on any atom is -0.327 e. The Morgan fingerprint density at radius 3 is 2.81 bits per heavy atom. The average molecular weight is 328 g/mol. The van der Waals surface area contributed by atoms with Gasteiger partial charge in [-0.05, 0) is 18.6 Å². The fourth-order valence-electron chi connectivity index (χ4n) is 2.57. The van der Waals surface area contributed by atoms with Crippen molar-refractivity contribution in [3.63, 3.8) is 0 Å². The zero-order valence-corrected chi connectivity index (χ0v) is 12.6. The third-order valence-electron chi connectivity index (χ3n) is 3.64. The Morgan fingerprint density at radius 2 is 2.14 bits per heavy atom. The second kappa shape index (κ2) is 5.10. The topological polar surface area (TPSA) is 96.3 Å². The maximum Gasteiger partial charge on any atom is 0.255 e. The van der Waals surface area contributed by atoms with Gasteiger partial charge in [-0.2, -0.15) is 4.31 Å². The van der Waals surface area contributed by atoms with Crippen LogP contribution in [0.2, 0.25) is 5.02 Å². The Labute approximate surface area is 126 Å². The zero-order chi connectivity index (χ0) is 15.2. The lowest BCUT2D eigenvalue weighted by molar-refractivity contribution is 0.473. The fraction of sp³-hybridized carbons (Fsp3) is 0.308. The van der Waals surface area contributed by atoms with Crippen LogP contribution < -0.4 is 11.3 Å². The summed E-state index contributed by atoms with van der Waals surface area (Å²) in [6.07, 6.45) is 1.93. The lowest BCUT2D eigenvalue weighted by Gasteiger charge is -2.17. The van der Waals surface area contributed by atoms with E-state index in [0.29, 0.717) is 13.0 Å². The molecular weight excluding hydrogens is 314 g/mol. The Bertz CT molecular complexity index is 863. The number of halogens is 1. The number of pyridine rings is 1. The predicted molar refractivity (Wildman–Crippen MR) is 80.9 cm³/mol. The quantitative estimate of drug-likeness (QED) is 0.856. The van der Waals surface area contributed by atoms with Crippen LogP contribution in [0.15, 0.2) is 34.1 Å². The van der Waals surface area contributed by atoms with Crippen molar-refractivity contribution in [1.82, 2.24) is 9.29 Å². The van der Waals surface area contributed by atoms with Crippen LogP contribution in [-0.4, -0.2) is 36.8 Å². The van der Waals surface area contributed by atoms with Gasteiger partial charge in [-0.15, -0.1) is 0 Å². The number of hydrogen-bond donors (Lipinski definition) is 2. The molecule has 21 heavy (non-hydrogen) atoms. The largest absolute Gasteiger partial charge is 0.327 e. The summed E-state index contributed by atoms with van der Waals surface area (Å²) in [5.74, 6) is 0. The van der Waals surface area contributed by atoms with Gasteiger partial charge in [-0.1, -0.05) is 17.7 Å². The van der Waals surface area contributed by atoms with Crippen molar-refractivity contribution in [1.29, 1.82) is 0 Å². The van der Waals surface area contributed by atoms with Crippen molar-refractivity contribution in [2.45, 2.75) is 17.4 Å². The van der Waals surface area contributed by atoms with E-state index >= 15 is 0 Å². The molecule has 0 unspecified atom stereocenters. The van der Waals surface area contributed by atoms with Crippen molar-refractivity contribution in [3.05, 3.63) is 39.8 Å². The highest BCUT2D eigenvalue weighted by Crippen LogP contribution is 2.30. The molecule has 6 nitrogen and oxygen atoms in total. The number of nitrogens with zero attached hydrogens (tertiary/aromatic N) is 1. The van der Waals surface area contributed by atoms with E-state index in [2.05, 4.69) is 4.98 Å². The summed E-state index contributed by atoms with van der Waals surface area (Å²) in [5.41, 5.74) is 5.41. The highest BCUT2D eigenvalue weighted by Gasteiger charge is 2.32. The number of hydrogen-bond acceptors (Lipinski definition) is 4. The Morgan fingerprint density at radius 1 is 1.38 bits per heavy atom. The standard InChI is InChI=1S/C13H14ClN3O3S/c14-10-6-16-13(18)9-2-1-3-11(12(9)10)21(19,20)17-5-4-8(15)7-17/h1-3,6,8H,4-5,7,15H2,(H,16,18)/t8-/m0/s1. The Balaban J connectivity index is 2.26. The normalized spacial score (nSPS) is 20.2. The second-order valence-corrected chi connectivity index (χ2v) is 7.37. The third kappa shape index (κ3) is 2.36. The summed E-state index contributed by atoms with van der Waals surface area (Å²) < 4.78 is 26.9. The number of aromatic nitrogens is 1. The van der Waals surface area contributed by atoms with Crippen LogP contribution in [0.1, 0.15) is 6.42 Å². The van der Waals surface area contributed by atoms with Gasteiger partial charge in [0.1, 0.15) is 0 Å². The van der Waals surface area contributed by atoms with E-state index in [1.807, 2.05) is 0 Å². The maximum atomic E-state index is 12.8. The molecule has 1 saturated heterocycles. The van der Waals surface area contributed by atoms with E-state index < -0.39 is 10.0 Å². The first-order chi connectivity index (χ1) is 9.91. The molecule has 1 atom stereocenters. The summed E-state index contributed by atoms with van der Waals surface area (Å²) in [6.45, 7) is 0.653. The molecule has 0 spiro atoms. The number of fused-ring (bicyclic) bond motifs is 1. The molecule has 3 rings (SSSR count). The van der Waals surface area contributed by atoms with Gasteiger partial charge < -0.3 is 10.7 Å². The smallest absolute Gasteiger partial charge is 0.255 e. The first kappa shape index (κ1) is 14.5. The fourth-order valence-corrected chi connectivity index (χ4v) is 4.63. The monoisotopic (exact) mass is 327 g/mol. The van der Waals surface area contributed by atoms with Crippen LogP contribution in [0.5, 0.6) is 0 Å². The van der Waals surface area contributed by atoms with E-state index in [9.17, 15) is 13.2 Å². The lowest BCUT2D eigenvalue weighted by atomic mass is 10.2. The predicted octanol–water partition coefficient (Wildman–Crippen LogP) is 0.903. The van der Waals surface area contributed by atoms with E-state index in [0.717, 1.165) is 0 Å². The summed E-state index contributed by atoms with van der Waals surface area (Å²) in [7, 11) is -3.72. The van der Waals surface area contributed by atoms with E-state index in [-0.39, 0.29) is 38.8 Å². The third-order valence-corrected chi connectivity index (χ3v) is 5.85. The van der Waals surface area contributed by atoms with Crippen molar-refractivity contribution in [2.24, 2.45) is 5.73 Å². The van der Waals surface area contributed by atoms with Gasteiger partial charge in [0, 0.05) is 36.1 Å². The molecule has 1 aliphatic heterocycles. The van der Waals surface area contributed by atoms with Gasteiger partial charge in [0.05, 0.1) is 9.92 Å². The first-order valence-electron chi connectivity index (χ1n) is 6.47. The molecule has 1 aromatic carbocycles. The first-order valence-corrected chi connectivity index (χ1v) is 8.28. The van der Waals surface area contributed by atoms with Crippen LogP contribution in [0.3, 0.4) is 0 Å². The molecule has 0 amide bonds. The molecule has 2 heterocycles. The van der Waals surface area contributed by atoms with Crippen LogP contribution in [0, 0.1) is 0 Å². The molecule has 0 radical (unpaired) electrons. The second-order valence-electron chi connectivity index (χ2n) is 5.06. The zero-order valence-electron chi connectivity index (χ0n) is 11.0. The molecule has 0 saturated carbocycles. The molecule has 1 aromatic heterocycles. The van der Waals surface area contributed by atoms with Crippen LogP contribution >= 0.6 is 11.6 Å². The number of H-pyrrole nitrogens is 1. The summed E-state index contributed by atoms with van der Waals surface area (Å²) in [5, 5.41) is 0.711. The van der Waals surface area contributed by atoms with Gasteiger partial charge in [0.15, 0.2) is 0 Å². The van der Waals surface area contributed by atoms with Gasteiger partial charge in [-0.3, -0.25) is 4.79 Å². The number of sulfonamides is 1. The van der Waals surface area contributed by atoms with E-state index in [1.165, 1.54) is 22.6 Å². The molecule has 0 bridgehead atoms. The maximum absolute atomic E-state index is 12.8. The van der Waals surface area contributed by atoms with Crippen LogP contribution in [0.4, 0.5) is 0 Å². The highest BCUT2D eigenvalue weighted by molar-refractivity contribution is 7.89. The Hall–Kier alpha value is -1.41. The van der Waals surface area contributed by atoms with Crippen molar-refractivity contribution in [3.8, 4) is 0 Å². The van der Waals surface area contributed by atoms with Gasteiger partial charge >= 0.3 is 0 Å². The number of nitrogens with two attached hydrogens (primary N) is 1. The van der Waals surface area contributed by atoms with Crippen molar-refractivity contribution >= 4 is 32.4 Å². The average Bonchev–Trinajstić information content (AvgIpc) is 2.90. The molecular formula is C13H14ClN3O3S. The highest BCUT2D eigenvalue weighted by atomic mass is 35.5. The number of aromatic amines is 1. The summed E-state index contributed by atoms with van der Waals surface area (Å²) in [4.78, 5) is 14.4. The number of nitrogens with one attached hydrogen (secondary N) is 1. The molecule has 1 fully saturated rings. The Kier molecular flexibility index (Phi) is 3.53. The minimum absolute atomic E-state index is 0.0465. The van der Waals surface area contributed by atoms with Gasteiger partial charge in [-0.25, -0.2) is 8.42 Å². The van der Waals surface area contributed by atoms with Crippen LogP contribution in [0.25, 0.3) is 10.8 Å². The molecule has 8 heteroatoms. The van der Waals surface area contributed by atoms with E-state index in [4.69, 9.17) is 17.3 Å². The molecule has 3 N–H and O–H groups in total. The molecule has 1 aliphatic rings. The lowest BCUT2D eigenvalue weighted by Crippen LogP contribution is -2.32. The van der Waals surface area contributed by atoms with Crippen molar-refractivity contribution in [2.75, 3.05) is 13.1 Å². The molecule has 0 aliphatic carbocycles. The van der Waals surface area contributed by atoms with Gasteiger partial charge in [0.2, 0.25) is 10.0 Å². The van der Waals surface area contributed by atoms with Gasteiger partial charge in [0.25, 0.3) is 5.56 Å². The van der Waals surface area contributed by atoms with E-state index in [1.54, 1.807) is 6.07 Å². The summed E-state index contributed by atoms with van der Waals surface area (Å²) >= 11 is 6.10. The minimum atomic E-state index is -3.72. The SMILES string of the molecule is N[C@H]1CCN(S(=O)(=O)c2cccc3c(=O)[nH]cc(Cl)c23)C1. The number of rotatable bonds is 2. The summed E-state index contributed by atoms with van der Waals surface area (Å²) in [6, 6.07) is 4.40. The van der Waals surface area contributed by atoms with Crippen molar-refractivity contribution < 1.29 is 8.42 Å². The molecule has 2 aromatic rings. The van der Waals surface area contributed by atoms with Crippen LogP contribution in [-0.2, 0) is 10.0 Å². The number of benzene rings is 1.